The minimum atomic E-state index is -3.55. The molecule has 0 amide bonds. The second-order valence-electron chi connectivity index (χ2n) is 3.88. The number of hydrogen-bond acceptors (Lipinski definition) is 4. The molecule has 0 spiro atoms. The molecule has 1 heterocycles. The van der Waals surface area contributed by atoms with Crippen LogP contribution in [0.2, 0.25) is 0 Å². The van der Waals surface area contributed by atoms with E-state index in [4.69, 9.17) is 5.11 Å². The highest BCUT2D eigenvalue weighted by atomic mass is 32.2. The van der Waals surface area contributed by atoms with Crippen molar-refractivity contribution in [2.45, 2.75) is 18.2 Å². The van der Waals surface area contributed by atoms with Gasteiger partial charge in [-0.2, -0.15) is 0 Å². The van der Waals surface area contributed by atoms with Crippen molar-refractivity contribution in [1.29, 1.82) is 0 Å². The second kappa shape index (κ2) is 3.89. The number of sulfone groups is 1. The van der Waals surface area contributed by atoms with E-state index < -0.39 is 15.8 Å². The molecule has 0 unspecified atom stereocenters. The van der Waals surface area contributed by atoms with Gasteiger partial charge in [-0.05, 0) is 24.6 Å². The van der Waals surface area contributed by atoms with Gasteiger partial charge in [-0.1, -0.05) is 6.07 Å². The van der Waals surface area contributed by atoms with Crippen LogP contribution in [0.3, 0.4) is 0 Å². The van der Waals surface area contributed by atoms with E-state index in [1.807, 2.05) is 0 Å². The fraction of sp³-hybridized carbons (Fsp3) is 0.182. The summed E-state index contributed by atoms with van der Waals surface area (Å²) in [7, 11) is -3.55. The highest BCUT2D eigenvalue weighted by Gasteiger charge is 2.24. The molecule has 1 aromatic carbocycles. The molecule has 2 rings (SSSR count). The molecule has 17 heavy (non-hydrogen) atoms. The zero-order valence-corrected chi connectivity index (χ0v) is 9.91. The molecule has 1 aliphatic rings. The summed E-state index contributed by atoms with van der Waals surface area (Å²) < 4.78 is 23.8. The van der Waals surface area contributed by atoms with Gasteiger partial charge in [0.1, 0.15) is 0 Å². The Hall–Kier alpha value is -1.82. The van der Waals surface area contributed by atoms with Gasteiger partial charge >= 0.3 is 5.97 Å². The minimum absolute atomic E-state index is 0.175. The standard InChI is InChI=1S/C11H11NO4S/c1-7-2-3-9-10(4-7)17(15,16)6-8(12-9)5-11(13)14/h2-4,6,12H,5H2,1H3,(H,13,14). The largest absolute Gasteiger partial charge is 0.481 e. The topological polar surface area (TPSA) is 83.5 Å². The molecule has 1 aliphatic heterocycles. The van der Waals surface area contributed by atoms with Crippen molar-refractivity contribution in [3.63, 3.8) is 0 Å². The molecule has 5 nitrogen and oxygen atoms in total. The number of carbonyl (C=O) groups is 1. The lowest BCUT2D eigenvalue weighted by molar-refractivity contribution is -0.136. The lowest BCUT2D eigenvalue weighted by atomic mass is 10.2. The van der Waals surface area contributed by atoms with Crippen LogP contribution in [-0.4, -0.2) is 19.5 Å². The van der Waals surface area contributed by atoms with E-state index in [-0.39, 0.29) is 17.0 Å². The predicted molar refractivity (Wildman–Crippen MR) is 62.3 cm³/mol. The summed E-state index contributed by atoms with van der Waals surface area (Å²) in [4.78, 5) is 10.8. The molecular weight excluding hydrogens is 242 g/mol. The average Bonchev–Trinajstić information content (AvgIpc) is 2.17. The number of aliphatic carboxylic acids is 1. The first-order chi connectivity index (χ1) is 7.88. The van der Waals surface area contributed by atoms with Gasteiger partial charge in [0, 0.05) is 5.70 Å². The van der Waals surface area contributed by atoms with E-state index in [1.54, 1.807) is 25.1 Å². The maximum atomic E-state index is 11.9. The van der Waals surface area contributed by atoms with Crippen LogP contribution in [-0.2, 0) is 14.6 Å². The lowest BCUT2D eigenvalue weighted by Crippen LogP contribution is -2.15. The van der Waals surface area contributed by atoms with Crippen molar-refractivity contribution < 1.29 is 18.3 Å². The molecule has 0 fully saturated rings. The Labute approximate surface area is 98.7 Å². The van der Waals surface area contributed by atoms with Gasteiger partial charge in [0.15, 0.2) is 0 Å². The van der Waals surface area contributed by atoms with Crippen molar-refractivity contribution in [3.05, 3.63) is 34.9 Å². The van der Waals surface area contributed by atoms with Crippen molar-refractivity contribution in [3.8, 4) is 0 Å². The Morgan fingerprint density at radius 3 is 2.76 bits per heavy atom. The Morgan fingerprint density at radius 1 is 1.41 bits per heavy atom. The molecule has 0 atom stereocenters. The first kappa shape index (κ1) is 11.7. The molecule has 0 bridgehead atoms. The molecule has 0 aromatic heterocycles. The number of nitrogens with one attached hydrogen (secondary N) is 1. The normalized spacial score (nSPS) is 16.6. The number of rotatable bonds is 2. The Balaban J connectivity index is 2.50. The molecular formula is C11H11NO4S. The summed E-state index contributed by atoms with van der Waals surface area (Å²) >= 11 is 0. The molecule has 90 valence electrons. The molecule has 0 saturated carbocycles. The first-order valence-corrected chi connectivity index (χ1v) is 6.48. The fourth-order valence-electron chi connectivity index (χ4n) is 1.67. The molecule has 0 aliphatic carbocycles. The van der Waals surface area contributed by atoms with Gasteiger partial charge in [0.25, 0.3) is 0 Å². The first-order valence-electron chi connectivity index (χ1n) is 4.93. The Morgan fingerprint density at radius 2 is 2.12 bits per heavy atom. The van der Waals surface area contributed by atoms with Crippen LogP contribution in [0.25, 0.3) is 0 Å². The number of carboxylic acid groups (broad SMARTS) is 1. The van der Waals surface area contributed by atoms with E-state index in [2.05, 4.69) is 5.32 Å². The third-order valence-electron chi connectivity index (χ3n) is 2.38. The summed E-state index contributed by atoms with van der Waals surface area (Å²) in [5.74, 6) is -1.07. The van der Waals surface area contributed by atoms with Crippen molar-refractivity contribution in [2.24, 2.45) is 0 Å². The number of fused-ring (bicyclic) bond motifs is 1. The summed E-state index contributed by atoms with van der Waals surface area (Å²) in [6, 6.07) is 4.97. The van der Waals surface area contributed by atoms with E-state index in [9.17, 15) is 13.2 Å². The van der Waals surface area contributed by atoms with E-state index in [0.29, 0.717) is 5.69 Å². The molecule has 0 saturated heterocycles. The molecule has 6 heteroatoms. The van der Waals surface area contributed by atoms with Crippen LogP contribution >= 0.6 is 0 Å². The third kappa shape index (κ3) is 2.31. The van der Waals surface area contributed by atoms with Crippen LogP contribution in [0.5, 0.6) is 0 Å². The average molecular weight is 253 g/mol. The minimum Gasteiger partial charge on any atom is -0.481 e. The molecule has 2 N–H and O–H groups in total. The summed E-state index contributed by atoms with van der Waals surface area (Å²) in [5, 5.41) is 12.4. The monoisotopic (exact) mass is 253 g/mol. The van der Waals surface area contributed by atoms with Crippen molar-refractivity contribution in [2.75, 3.05) is 5.32 Å². The summed E-state index contributed by atoms with van der Waals surface area (Å²) in [6.07, 6.45) is -0.341. The maximum absolute atomic E-state index is 11.9. The fourth-order valence-corrected chi connectivity index (χ4v) is 3.09. The van der Waals surface area contributed by atoms with Crippen LogP contribution < -0.4 is 5.32 Å². The Kier molecular flexibility index (Phi) is 2.66. The van der Waals surface area contributed by atoms with Crippen LogP contribution in [0.15, 0.2) is 34.2 Å². The van der Waals surface area contributed by atoms with Gasteiger partial charge in [-0.3, -0.25) is 4.79 Å². The van der Waals surface area contributed by atoms with Gasteiger partial charge in [-0.15, -0.1) is 0 Å². The summed E-state index contributed by atoms with van der Waals surface area (Å²) in [5.41, 5.74) is 1.44. The van der Waals surface area contributed by atoms with E-state index >= 15 is 0 Å². The van der Waals surface area contributed by atoms with Gasteiger partial charge in [-0.25, -0.2) is 8.42 Å². The number of anilines is 1. The van der Waals surface area contributed by atoms with Crippen molar-refractivity contribution >= 4 is 21.5 Å². The SMILES string of the molecule is Cc1ccc2c(c1)S(=O)(=O)C=C(CC(=O)O)N2. The van der Waals surface area contributed by atoms with Crippen LogP contribution in [0.4, 0.5) is 5.69 Å². The highest BCUT2D eigenvalue weighted by molar-refractivity contribution is 7.94. The number of benzene rings is 1. The van der Waals surface area contributed by atoms with Crippen LogP contribution in [0, 0.1) is 6.92 Å². The van der Waals surface area contributed by atoms with E-state index in [0.717, 1.165) is 11.0 Å². The highest BCUT2D eigenvalue weighted by Crippen LogP contribution is 2.31. The van der Waals surface area contributed by atoms with E-state index in [1.165, 1.54) is 0 Å². The van der Waals surface area contributed by atoms with Gasteiger partial charge in [0.05, 0.1) is 22.4 Å². The zero-order valence-electron chi connectivity index (χ0n) is 9.10. The lowest BCUT2D eigenvalue weighted by Gasteiger charge is -2.18. The zero-order chi connectivity index (χ0) is 12.6. The quantitative estimate of drug-likeness (QED) is 0.834. The Bertz CT molecular complexity index is 616. The smallest absolute Gasteiger partial charge is 0.309 e. The number of hydrogen-bond donors (Lipinski definition) is 2. The predicted octanol–water partition coefficient (Wildman–Crippen LogP) is 1.51. The van der Waals surface area contributed by atoms with Crippen molar-refractivity contribution in [1.82, 2.24) is 0 Å². The summed E-state index contributed by atoms with van der Waals surface area (Å²) in [6.45, 7) is 1.80. The molecule has 1 aromatic rings. The third-order valence-corrected chi connectivity index (χ3v) is 3.92. The van der Waals surface area contributed by atoms with Gasteiger partial charge < -0.3 is 10.4 Å². The maximum Gasteiger partial charge on any atom is 0.309 e. The van der Waals surface area contributed by atoms with Gasteiger partial charge in [0.2, 0.25) is 9.84 Å². The number of aryl methyl sites for hydroxylation is 1. The second-order valence-corrected chi connectivity index (χ2v) is 5.65. The van der Waals surface area contributed by atoms with Crippen LogP contribution in [0.1, 0.15) is 12.0 Å². The molecule has 0 radical (unpaired) electrons. The number of carboxylic acids is 1.